The molecule has 4 heteroatoms. The van der Waals surface area contributed by atoms with Gasteiger partial charge in [-0.1, -0.05) is 0 Å². The van der Waals surface area contributed by atoms with Gasteiger partial charge in [0.2, 0.25) is 0 Å². The Morgan fingerprint density at radius 3 is 1.50 bits per heavy atom. The predicted molar refractivity (Wildman–Crippen MR) is 72.2 cm³/mol. The van der Waals surface area contributed by atoms with Crippen molar-refractivity contribution in [2.45, 2.75) is 72.6 Å². The van der Waals surface area contributed by atoms with Gasteiger partial charge in [-0.25, -0.2) is 0 Å². The molecule has 0 saturated heterocycles. The maximum atomic E-state index is 7.08. The van der Waals surface area contributed by atoms with Gasteiger partial charge in [0, 0.05) is 0 Å². The first kappa shape index (κ1) is 16.1. The van der Waals surface area contributed by atoms with Gasteiger partial charge in [-0.15, -0.1) is 0 Å². The third kappa shape index (κ3) is 6.64. The first-order valence-electron chi connectivity index (χ1n) is 6.83. The molecule has 0 aliphatic rings. The summed E-state index contributed by atoms with van der Waals surface area (Å²) in [6, 6.07) is 0. The van der Waals surface area contributed by atoms with E-state index in [1.807, 2.05) is 0 Å². The molecule has 0 spiro atoms. The van der Waals surface area contributed by atoms with Crippen LogP contribution in [-0.4, -0.2) is 18.7 Å². The third-order valence-corrected chi connectivity index (χ3v) is 15.7. The molecule has 0 atom stereocenters. The molecule has 0 aliphatic carbocycles. The average molecular weight is 333 g/mol. The summed E-state index contributed by atoms with van der Waals surface area (Å²) >= 11 is -2.39. The molecular formula is C12H28N3Sn+. The fourth-order valence-electron chi connectivity index (χ4n) is 2.15. The number of hydrogen-bond donors (Lipinski definition) is 1. The molecule has 0 aromatic carbocycles. The first-order chi connectivity index (χ1) is 7.74. The van der Waals surface area contributed by atoms with Crippen LogP contribution in [0.5, 0.6) is 0 Å². The summed E-state index contributed by atoms with van der Waals surface area (Å²) < 4.78 is 8.41. The Hall–Kier alpha value is 0.109. The SMILES string of the molecule is CCC[CH2][Sn]([CH2]CCC)([CH2]CCC)[N]=[N+]=N. The second-order valence-electron chi connectivity index (χ2n) is 4.74. The molecule has 3 nitrogen and oxygen atoms in total. The maximum absolute atomic E-state index is 7.08. The molecule has 1 N–H and O–H groups in total. The van der Waals surface area contributed by atoms with Crippen molar-refractivity contribution in [3.63, 3.8) is 0 Å². The van der Waals surface area contributed by atoms with Gasteiger partial charge in [0.25, 0.3) is 0 Å². The van der Waals surface area contributed by atoms with Crippen molar-refractivity contribution in [1.29, 1.82) is 5.53 Å². The summed E-state index contributed by atoms with van der Waals surface area (Å²) in [5, 5.41) is 0. The molecular weight excluding hydrogens is 305 g/mol. The molecule has 0 unspecified atom stereocenters. The molecule has 0 saturated carbocycles. The van der Waals surface area contributed by atoms with E-state index in [-0.39, 0.29) is 0 Å². The van der Waals surface area contributed by atoms with Crippen LogP contribution in [0.25, 0.3) is 0 Å². The van der Waals surface area contributed by atoms with Crippen LogP contribution in [0.1, 0.15) is 59.3 Å². The van der Waals surface area contributed by atoms with E-state index in [0.29, 0.717) is 0 Å². The van der Waals surface area contributed by atoms with Gasteiger partial charge >= 0.3 is 105 Å². The van der Waals surface area contributed by atoms with Gasteiger partial charge < -0.3 is 0 Å². The normalized spacial score (nSPS) is 11.2. The van der Waals surface area contributed by atoms with Crippen molar-refractivity contribution < 1.29 is 0 Å². The van der Waals surface area contributed by atoms with E-state index in [2.05, 4.69) is 29.0 Å². The van der Waals surface area contributed by atoms with Gasteiger partial charge in [0.1, 0.15) is 0 Å². The van der Waals surface area contributed by atoms with E-state index in [1.54, 1.807) is 0 Å². The standard InChI is InChI=1S/3C4H9.HN3.Sn/c3*1-3-4-2;1-3-2;/h3*1,3-4H2,2H3;1H;/q;;;;+1. The van der Waals surface area contributed by atoms with Gasteiger partial charge in [0.15, 0.2) is 0 Å². The minimum atomic E-state index is -2.39. The summed E-state index contributed by atoms with van der Waals surface area (Å²) in [5.74, 6) is 0. The van der Waals surface area contributed by atoms with Gasteiger partial charge in [0.05, 0.1) is 0 Å². The Kier molecular flexibility index (Phi) is 10.3. The molecule has 0 aromatic heterocycles. The Labute approximate surface area is 105 Å². The molecule has 0 radical (unpaired) electrons. The van der Waals surface area contributed by atoms with Crippen molar-refractivity contribution in [3.8, 4) is 0 Å². The Morgan fingerprint density at radius 2 is 1.25 bits per heavy atom. The molecule has 0 aliphatic heterocycles. The van der Waals surface area contributed by atoms with E-state index in [1.165, 1.54) is 51.8 Å². The number of rotatable bonds is 10. The minimum absolute atomic E-state index is 1.25. The molecule has 0 heterocycles. The van der Waals surface area contributed by atoms with Crippen LogP contribution in [0.15, 0.2) is 3.34 Å². The first-order valence-corrected chi connectivity index (χ1v) is 14.2. The Balaban J connectivity index is 4.51. The van der Waals surface area contributed by atoms with Crippen LogP contribution >= 0.6 is 0 Å². The summed E-state index contributed by atoms with van der Waals surface area (Å²) in [4.78, 5) is 3.44. The summed E-state index contributed by atoms with van der Waals surface area (Å²) in [6.07, 6.45) is 7.65. The van der Waals surface area contributed by atoms with Crippen LogP contribution in [0.2, 0.25) is 13.3 Å². The van der Waals surface area contributed by atoms with Gasteiger partial charge in [-0.05, 0) is 0 Å². The topological polar surface area (TPSA) is 50.3 Å². The van der Waals surface area contributed by atoms with Crippen molar-refractivity contribution in [2.24, 2.45) is 3.34 Å². The summed E-state index contributed by atoms with van der Waals surface area (Å²) in [5.41, 5.74) is 7.08. The third-order valence-electron chi connectivity index (χ3n) is 3.25. The molecule has 0 amide bonds. The zero-order valence-electron chi connectivity index (χ0n) is 11.3. The van der Waals surface area contributed by atoms with Crippen LogP contribution in [-0.2, 0) is 0 Å². The van der Waals surface area contributed by atoms with Crippen molar-refractivity contribution in [1.82, 2.24) is 4.91 Å². The Morgan fingerprint density at radius 1 is 0.875 bits per heavy atom. The molecule has 0 fully saturated rings. The fraction of sp³-hybridized carbons (Fsp3) is 1.00. The number of nitrogens with zero attached hydrogens (tertiary/aromatic N) is 2. The zero-order valence-corrected chi connectivity index (χ0v) is 14.1. The Bertz CT molecular complexity index is 191. The van der Waals surface area contributed by atoms with E-state index < -0.39 is 18.7 Å². The number of hydrogen-bond acceptors (Lipinski definition) is 2. The average Bonchev–Trinajstić information content (AvgIpc) is 2.31. The molecule has 16 heavy (non-hydrogen) atoms. The second kappa shape index (κ2) is 10.3. The van der Waals surface area contributed by atoms with E-state index in [9.17, 15) is 0 Å². The van der Waals surface area contributed by atoms with Crippen LogP contribution in [0.4, 0.5) is 0 Å². The molecule has 0 rings (SSSR count). The van der Waals surface area contributed by atoms with Crippen LogP contribution < -0.4 is 4.91 Å². The van der Waals surface area contributed by atoms with Crippen LogP contribution in [0, 0.1) is 5.53 Å². The van der Waals surface area contributed by atoms with Gasteiger partial charge in [-0.3, -0.25) is 0 Å². The van der Waals surface area contributed by atoms with Gasteiger partial charge in [-0.2, -0.15) is 0 Å². The van der Waals surface area contributed by atoms with Crippen LogP contribution in [0.3, 0.4) is 0 Å². The second-order valence-corrected chi connectivity index (χ2v) is 16.6. The van der Waals surface area contributed by atoms with E-state index in [4.69, 9.17) is 5.53 Å². The van der Waals surface area contributed by atoms with E-state index >= 15 is 0 Å². The number of nitrogens with one attached hydrogen (secondary N) is 1. The predicted octanol–water partition coefficient (Wildman–Crippen LogP) is 4.88. The van der Waals surface area contributed by atoms with E-state index in [0.717, 1.165) is 0 Å². The zero-order chi connectivity index (χ0) is 12.3. The van der Waals surface area contributed by atoms with Crippen molar-refractivity contribution in [2.75, 3.05) is 0 Å². The molecule has 94 valence electrons. The fourth-order valence-corrected chi connectivity index (χ4v) is 14.4. The van der Waals surface area contributed by atoms with Crippen molar-refractivity contribution >= 4 is 18.7 Å². The quantitative estimate of drug-likeness (QED) is 0.336. The summed E-state index contributed by atoms with van der Waals surface area (Å²) in [6.45, 7) is 6.73. The molecule has 0 aromatic rings. The van der Waals surface area contributed by atoms with Crippen molar-refractivity contribution in [3.05, 3.63) is 0 Å². The number of unbranched alkanes of at least 4 members (excludes halogenated alkanes) is 3. The summed E-state index contributed by atoms with van der Waals surface area (Å²) in [7, 11) is 0. The molecule has 0 bridgehead atoms. The monoisotopic (exact) mass is 334 g/mol.